The van der Waals surface area contributed by atoms with Crippen LogP contribution >= 0.6 is 0 Å². The van der Waals surface area contributed by atoms with Crippen LogP contribution in [0.4, 0.5) is 20.6 Å². The molecule has 27 heavy (non-hydrogen) atoms. The number of amides is 3. The Morgan fingerprint density at radius 2 is 1.93 bits per heavy atom. The lowest BCUT2D eigenvalue weighted by Crippen LogP contribution is -2.39. The normalized spacial score (nSPS) is 13.3. The molecule has 0 aromatic heterocycles. The van der Waals surface area contributed by atoms with E-state index in [1.807, 2.05) is 12.1 Å². The first-order chi connectivity index (χ1) is 12.8. The summed E-state index contributed by atoms with van der Waals surface area (Å²) in [7, 11) is 0. The van der Waals surface area contributed by atoms with Gasteiger partial charge in [0.15, 0.2) is 0 Å². The number of anilines is 2. The number of carbonyl (C=O) groups excluding carboxylic acids is 2. The van der Waals surface area contributed by atoms with Crippen molar-refractivity contribution in [2.75, 3.05) is 17.2 Å². The number of hydrogen-bond donors (Lipinski definition) is 2. The van der Waals surface area contributed by atoms with Crippen LogP contribution in [-0.4, -0.2) is 23.4 Å². The molecule has 0 atom stereocenters. The highest BCUT2D eigenvalue weighted by Gasteiger charge is 2.23. The summed E-state index contributed by atoms with van der Waals surface area (Å²) in [6.45, 7) is 6.78. The molecule has 1 aliphatic rings. The second kappa shape index (κ2) is 7.78. The molecule has 0 spiro atoms. The average Bonchev–Trinajstić information content (AvgIpc) is 2.62. The maximum Gasteiger partial charge on any atom is 0.322 e. The van der Waals surface area contributed by atoms with E-state index in [1.165, 1.54) is 36.2 Å². The van der Waals surface area contributed by atoms with Crippen LogP contribution < -0.4 is 10.6 Å². The van der Waals surface area contributed by atoms with Crippen molar-refractivity contribution < 1.29 is 14.0 Å². The summed E-state index contributed by atoms with van der Waals surface area (Å²) in [4.78, 5) is 25.5. The highest BCUT2D eigenvalue weighted by molar-refractivity contribution is 5.92. The van der Waals surface area contributed by atoms with E-state index in [-0.39, 0.29) is 17.6 Å². The van der Waals surface area contributed by atoms with Gasteiger partial charge in [-0.15, -0.1) is 0 Å². The number of halogens is 1. The van der Waals surface area contributed by atoms with Gasteiger partial charge in [-0.2, -0.15) is 0 Å². The van der Waals surface area contributed by atoms with Gasteiger partial charge >= 0.3 is 6.03 Å². The largest absolute Gasteiger partial charge is 0.326 e. The van der Waals surface area contributed by atoms with Crippen LogP contribution in [0.25, 0.3) is 0 Å². The molecule has 2 aromatic carbocycles. The monoisotopic (exact) mass is 369 g/mol. The number of urea groups is 1. The molecule has 3 amide bonds. The third-order valence-corrected chi connectivity index (χ3v) is 4.74. The smallest absolute Gasteiger partial charge is 0.322 e. The Morgan fingerprint density at radius 3 is 2.63 bits per heavy atom. The first-order valence-corrected chi connectivity index (χ1v) is 9.09. The standard InChI is InChI=1S/C21H24FN3O2/c1-13(2)17-6-4-5-15-12-25(10-9-18(15)17)21(27)24-20-11-16(23-14(3)26)7-8-19(20)22/h4-8,11,13H,9-10,12H2,1-3H3,(H,23,26)(H,24,27). The Hall–Kier alpha value is -2.89. The van der Waals surface area contributed by atoms with Gasteiger partial charge in [0.1, 0.15) is 5.82 Å². The second-order valence-electron chi connectivity index (χ2n) is 7.12. The van der Waals surface area contributed by atoms with Crippen molar-refractivity contribution >= 4 is 23.3 Å². The van der Waals surface area contributed by atoms with Gasteiger partial charge in [0.25, 0.3) is 0 Å². The van der Waals surface area contributed by atoms with Crippen molar-refractivity contribution in [2.45, 2.75) is 39.7 Å². The van der Waals surface area contributed by atoms with Crippen LogP contribution in [0.5, 0.6) is 0 Å². The molecule has 5 nitrogen and oxygen atoms in total. The van der Waals surface area contributed by atoms with Crippen LogP contribution in [0.3, 0.4) is 0 Å². The summed E-state index contributed by atoms with van der Waals surface area (Å²) >= 11 is 0. The first kappa shape index (κ1) is 18.9. The van der Waals surface area contributed by atoms with Gasteiger partial charge in [-0.05, 0) is 47.2 Å². The zero-order valence-corrected chi connectivity index (χ0v) is 15.8. The van der Waals surface area contributed by atoms with Crippen LogP contribution in [0.2, 0.25) is 0 Å². The third kappa shape index (κ3) is 4.27. The van der Waals surface area contributed by atoms with Gasteiger partial charge in [-0.25, -0.2) is 9.18 Å². The minimum Gasteiger partial charge on any atom is -0.326 e. The predicted molar refractivity (Wildman–Crippen MR) is 104 cm³/mol. The maximum atomic E-state index is 14.1. The van der Waals surface area contributed by atoms with E-state index in [4.69, 9.17) is 0 Å². The molecule has 0 radical (unpaired) electrons. The van der Waals surface area contributed by atoms with Crippen molar-refractivity contribution in [2.24, 2.45) is 0 Å². The molecule has 0 fully saturated rings. The number of rotatable bonds is 3. The molecule has 2 N–H and O–H groups in total. The lowest BCUT2D eigenvalue weighted by atomic mass is 9.89. The fourth-order valence-electron chi connectivity index (χ4n) is 3.45. The molecule has 2 aromatic rings. The van der Waals surface area contributed by atoms with E-state index in [9.17, 15) is 14.0 Å². The number of hydrogen-bond acceptors (Lipinski definition) is 2. The fourth-order valence-corrected chi connectivity index (χ4v) is 3.45. The Bertz CT molecular complexity index is 880. The lowest BCUT2D eigenvalue weighted by molar-refractivity contribution is -0.114. The van der Waals surface area contributed by atoms with Crippen molar-refractivity contribution in [3.8, 4) is 0 Å². The molecule has 0 bridgehead atoms. The van der Waals surface area contributed by atoms with Gasteiger partial charge in [-0.1, -0.05) is 32.0 Å². The quantitative estimate of drug-likeness (QED) is 0.837. The van der Waals surface area contributed by atoms with E-state index in [1.54, 1.807) is 4.90 Å². The second-order valence-corrected chi connectivity index (χ2v) is 7.12. The molecule has 1 aliphatic heterocycles. The van der Waals surface area contributed by atoms with E-state index >= 15 is 0 Å². The number of benzene rings is 2. The summed E-state index contributed by atoms with van der Waals surface area (Å²) in [5.41, 5.74) is 4.25. The van der Waals surface area contributed by atoms with Crippen molar-refractivity contribution in [3.63, 3.8) is 0 Å². The van der Waals surface area contributed by atoms with E-state index < -0.39 is 5.82 Å². The summed E-state index contributed by atoms with van der Waals surface area (Å²) in [5, 5.41) is 5.21. The zero-order valence-electron chi connectivity index (χ0n) is 15.8. The highest BCUT2D eigenvalue weighted by Crippen LogP contribution is 2.28. The van der Waals surface area contributed by atoms with Crippen LogP contribution in [-0.2, 0) is 17.8 Å². The summed E-state index contributed by atoms with van der Waals surface area (Å²) in [6, 6.07) is 9.95. The Labute approximate surface area is 158 Å². The number of nitrogens with one attached hydrogen (secondary N) is 2. The van der Waals surface area contributed by atoms with Gasteiger partial charge in [0, 0.05) is 25.7 Å². The van der Waals surface area contributed by atoms with Crippen molar-refractivity contribution in [1.82, 2.24) is 4.90 Å². The summed E-state index contributed by atoms with van der Waals surface area (Å²) < 4.78 is 14.1. The Kier molecular flexibility index (Phi) is 5.44. The fraction of sp³-hybridized carbons (Fsp3) is 0.333. The highest BCUT2D eigenvalue weighted by atomic mass is 19.1. The molecular formula is C21H24FN3O2. The van der Waals surface area contributed by atoms with Crippen LogP contribution in [0.1, 0.15) is 43.4 Å². The molecular weight excluding hydrogens is 345 g/mol. The minimum atomic E-state index is -0.544. The van der Waals surface area contributed by atoms with E-state index in [2.05, 4.69) is 30.5 Å². The van der Waals surface area contributed by atoms with Crippen LogP contribution in [0.15, 0.2) is 36.4 Å². The zero-order chi connectivity index (χ0) is 19.6. The predicted octanol–water partition coefficient (Wildman–Crippen LogP) is 4.50. The lowest BCUT2D eigenvalue weighted by Gasteiger charge is -2.31. The molecule has 142 valence electrons. The van der Waals surface area contributed by atoms with E-state index in [0.717, 1.165) is 12.0 Å². The SMILES string of the molecule is CC(=O)Nc1ccc(F)c(NC(=O)N2CCc3c(cccc3C(C)C)C2)c1. The molecule has 1 heterocycles. The maximum absolute atomic E-state index is 14.1. The Balaban J connectivity index is 1.75. The Morgan fingerprint density at radius 1 is 1.15 bits per heavy atom. The molecule has 0 saturated heterocycles. The minimum absolute atomic E-state index is 0.0491. The average molecular weight is 369 g/mol. The van der Waals surface area contributed by atoms with Gasteiger partial charge < -0.3 is 15.5 Å². The summed E-state index contributed by atoms with van der Waals surface area (Å²) in [6.07, 6.45) is 0.783. The summed E-state index contributed by atoms with van der Waals surface area (Å²) in [5.74, 6) is -0.365. The molecule has 0 saturated carbocycles. The first-order valence-electron chi connectivity index (χ1n) is 9.09. The van der Waals surface area contributed by atoms with Crippen molar-refractivity contribution in [3.05, 3.63) is 58.9 Å². The third-order valence-electron chi connectivity index (χ3n) is 4.74. The molecule has 0 unspecified atom stereocenters. The molecule has 0 aliphatic carbocycles. The number of carbonyl (C=O) groups is 2. The topological polar surface area (TPSA) is 61.4 Å². The number of fused-ring (bicyclic) bond motifs is 1. The van der Waals surface area contributed by atoms with Crippen LogP contribution in [0, 0.1) is 5.82 Å². The molecule has 3 rings (SSSR count). The molecule has 6 heteroatoms. The number of nitrogens with zero attached hydrogens (tertiary/aromatic N) is 1. The van der Waals surface area contributed by atoms with Crippen molar-refractivity contribution in [1.29, 1.82) is 0 Å². The van der Waals surface area contributed by atoms with Gasteiger partial charge in [0.2, 0.25) is 5.91 Å². The van der Waals surface area contributed by atoms with E-state index in [0.29, 0.717) is 24.7 Å². The van der Waals surface area contributed by atoms with Gasteiger partial charge in [-0.3, -0.25) is 4.79 Å². The van der Waals surface area contributed by atoms with Gasteiger partial charge in [0.05, 0.1) is 5.69 Å².